The van der Waals surface area contributed by atoms with Gasteiger partial charge in [0.25, 0.3) is 15.9 Å². The quantitative estimate of drug-likeness (QED) is 0.530. The molecule has 0 aliphatic heterocycles. The SMILES string of the molecule is C=CCN(c1ccccc1)S(=O)(=O)c1ccc(Cl)c(C(=O)Nc2ncc(C)s2)c1. The topological polar surface area (TPSA) is 79.4 Å². The molecule has 2 aromatic carbocycles. The van der Waals surface area contributed by atoms with E-state index in [1.54, 1.807) is 36.5 Å². The van der Waals surface area contributed by atoms with Crippen molar-refractivity contribution in [1.82, 2.24) is 4.98 Å². The number of nitrogens with zero attached hydrogens (tertiary/aromatic N) is 2. The van der Waals surface area contributed by atoms with Crippen molar-refractivity contribution in [3.63, 3.8) is 0 Å². The number of rotatable bonds is 7. The van der Waals surface area contributed by atoms with Gasteiger partial charge in [-0.3, -0.25) is 14.4 Å². The van der Waals surface area contributed by atoms with Crippen LogP contribution in [0.5, 0.6) is 0 Å². The monoisotopic (exact) mass is 447 g/mol. The lowest BCUT2D eigenvalue weighted by Crippen LogP contribution is -2.31. The van der Waals surface area contributed by atoms with Gasteiger partial charge in [0.2, 0.25) is 0 Å². The molecule has 1 aromatic heterocycles. The average Bonchev–Trinajstić information content (AvgIpc) is 3.11. The number of thiazole rings is 1. The third-order valence-corrected chi connectivity index (χ3v) is 6.90. The number of carbonyl (C=O) groups excluding carboxylic acids is 1. The molecule has 6 nitrogen and oxygen atoms in total. The first kappa shape index (κ1) is 21.0. The van der Waals surface area contributed by atoms with Gasteiger partial charge in [0, 0.05) is 11.1 Å². The molecule has 0 atom stereocenters. The smallest absolute Gasteiger partial charge is 0.264 e. The molecule has 150 valence electrons. The Bertz CT molecular complexity index is 1140. The molecule has 0 saturated carbocycles. The van der Waals surface area contributed by atoms with Gasteiger partial charge in [-0.15, -0.1) is 17.9 Å². The van der Waals surface area contributed by atoms with E-state index in [1.165, 1.54) is 39.9 Å². The summed E-state index contributed by atoms with van der Waals surface area (Å²) < 4.78 is 27.7. The van der Waals surface area contributed by atoms with Crippen molar-refractivity contribution in [2.45, 2.75) is 11.8 Å². The van der Waals surface area contributed by atoms with Gasteiger partial charge in [-0.25, -0.2) is 13.4 Å². The van der Waals surface area contributed by atoms with Crippen LogP contribution in [0.15, 0.2) is 72.3 Å². The number of amides is 1. The van der Waals surface area contributed by atoms with Crippen molar-refractivity contribution in [2.75, 3.05) is 16.2 Å². The fraction of sp³-hybridized carbons (Fsp3) is 0.100. The van der Waals surface area contributed by atoms with Gasteiger partial charge in [-0.1, -0.05) is 35.9 Å². The van der Waals surface area contributed by atoms with Crippen molar-refractivity contribution < 1.29 is 13.2 Å². The van der Waals surface area contributed by atoms with E-state index in [-0.39, 0.29) is 22.0 Å². The van der Waals surface area contributed by atoms with Gasteiger partial charge in [-0.05, 0) is 37.3 Å². The molecule has 0 radical (unpaired) electrons. The van der Waals surface area contributed by atoms with Crippen LogP contribution in [0.1, 0.15) is 15.2 Å². The van der Waals surface area contributed by atoms with Gasteiger partial charge < -0.3 is 0 Å². The number of carbonyl (C=O) groups is 1. The van der Waals surface area contributed by atoms with E-state index in [2.05, 4.69) is 16.9 Å². The predicted molar refractivity (Wildman–Crippen MR) is 117 cm³/mol. The summed E-state index contributed by atoms with van der Waals surface area (Å²) in [5.41, 5.74) is 0.541. The molecule has 0 unspecified atom stereocenters. The largest absolute Gasteiger partial charge is 0.298 e. The summed E-state index contributed by atoms with van der Waals surface area (Å²) in [7, 11) is -3.95. The lowest BCUT2D eigenvalue weighted by molar-refractivity contribution is 0.102. The van der Waals surface area contributed by atoms with Gasteiger partial charge in [0.1, 0.15) is 0 Å². The lowest BCUT2D eigenvalue weighted by atomic mass is 10.2. The van der Waals surface area contributed by atoms with Crippen LogP contribution in [0.3, 0.4) is 0 Å². The van der Waals surface area contributed by atoms with Crippen molar-refractivity contribution in [2.24, 2.45) is 0 Å². The molecule has 0 fully saturated rings. The minimum absolute atomic E-state index is 0.0481. The molecule has 0 aliphatic rings. The Morgan fingerprint density at radius 3 is 2.62 bits per heavy atom. The third-order valence-electron chi connectivity index (χ3n) is 3.95. The molecule has 9 heteroatoms. The molecule has 1 N–H and O–H groups in total. The van der Waals surface area contributed by atoms with Crippen molar-refractivity contribution in [3.8, 4) is 0 Å². The fourth-order valence-electron chi connectivity index (χ4n) is 2.60. The minimum atomic E-state index is -3.95. The van der Waals surface area contributed by atoms with E-state index < -0.39 is 15.9 Å². The Kier molecular flexibility index (Phi) is 6.36. The highest BCUT2D eigenvalue weighted by atomic mass is 35.5. The predicted octanol–water partition coefficient (Wildman–Crippen LogP) is 4.74. The molecule has 1 amide bonds. The van der Waals surface area contributed by atoms with Crippen LogP contribution in [0, 0.1) is 6.92 Å². The Morgan fingerprint density at radius 2 is 2.00 bits per heavy atom. The molecule has 0 aliphatic carbocycles. The number of hydrogen-bond donors (Lipinski definition) is 1. The first-order valence-corrected chi connectivity index (χ1v) is 11.2. The Balaban J connectivity index is 1.98. The van der Waals surface area contributed by atoms with E-state index in [1.807, 2.05) is 6.92 Å². The standard InChI is InChI=1S/C20H18ClN3O3S2/c1-3-11-24(15-7-5-4-6-8-15)29(26,27)16-9-10-18(21)17(12-16)19(25)23-20-22-13-14(2)28-20/h3-10,12-13H,1,11H2,2H3,(H,22,23,25). The second-order valence-electron chi connectivity index (χ2n) is 6.03. The average molecular weight is 448 g/mol. The van der Waals surface area contributed by atoms with E-state index in [9.17, 15) is 13.2 Å². The van der Waals surface area contributed by atoms with Crippen LogP contribution in [0.2, 0.25) is 5.02 Å². The minimum Gasteiger partial charge on any atom is -0.298 e. The molecular weight excluding hydrogens is 430 g/mol. The normalized spacial score (nSPS) is 11.1. The van der Waals surface area contributed by atoms with Crippen molar-refractivity contribution in [1.29, 1.82) is 0 Å². The van der Waals surface area contributed by atoms with Crippen molar-refractivity contribution in [3.05, 3.63) is 82.8 Å². The van der Waals surface area contributed by atoms with E-state index in [0.717, 1.165) is 4.88 Å². The Morgan fingerprint density at radius 1 is 1.28 bits per heavy atom. The number of benzene rings is 2. The molecule has 0 spiro atoms. The van der Waals surface area contributed by atoms with Gasteiger partial charge in [0.05, 0.1) is 27.7 Å². The third kappa shape index (κ3) is 4.67. The zero-order valence-corrected chi connectivity index (χ0v) is 17.9. The maximum Gasteiger partial charge on any atom is 0.264 e. The summed E-state index contributed by atoms with van der Waals surface area (Å²) in [4.78, 5) is 17.6. The van der Waals surface area contributed by atoms with Crippen LogP contribution in [-0.2, 0) is 10.0 Å². The number of halogens is 1. The summed E-state index contributed by atoms with van der Waals surface area (Å²) in [6.45, 7) is 5.59. The summed E-state index contributed by atoms with van der Waals surface area (Å²) in [5.74, 6) is -0.531. The summed E-state index contributed by atoms with van der Waals surface area (Å²) in [6, 6.07) is 12.7. The van der Waals surface area contributed by atoms with Crippen molar-refractivity contribution >= 4 is 49.7 Å². The molecule has 3 rings (SSSR count). The second kappa shape index (κ2) is 8.77. The zero-order chi connectivity index (χ0) is 21.0. The van der Waals surface area contributed by atoms with E-state index in [0.29, 0.717) is 10.8 Å². The number of sulfonamides is 1. The number of anilines is 2. The number of hydrogen-bond acceptors (Lipinski definition) is 5. The van der Waals surface area contributed by atoms with E-state index in [4.69, 9.17) is 11.6 Å². The maximum absolute atomic E-state index is 13.3. The molecular formula is C20H18ClN3O3S2. The molecule has 3 aromatic rings. The number of para-hydroxylation sites is 1. The second-order valence-corrected chi connectivity index (χ2v) is 9.54. The van der Waals surface area contributed by atoms with Crippen LogP contribution in [0.25, 0.3) is 0 Å². The summed E-state index contributed by atoms with van der Waals surface area (Å²) >= 11 is 7.48. The highest BCUT2D eigenvalue weighted by molar-refractivity contribution is 7.92. The van der Waals surface area contributed by atoms with Crippen LogP contribution < -0.4 is 9.62 Å². The summed E-state index contributed by atoms with van der Waals surface area (Å²) in [6.07, 6.45) is 3.13. The fourth-order valence-corrected chi connectivity index (χ4v) is 4.92. The van der Waals surface area contributed by atoms with E-state index >= 15 is 0 Å². The molecule has 29 heavy (non-hydrogen) atoms. The molecule has 1 heterocycles. The van der Waals surface area contributed by atoms with Crippen LogP contribution >= 0.6 is 22.9 Å². The maximum atomic E-state index is 13.3. The van der Waals surface area contributed by atoms with Gasteiger partial charge in [0.15, 0.2) is 5.13 Å². The number of aromatic nitrogens is 1. The summed E-state index contributed by atoms with van der Waals surface area (Å²) in [5, 5.41) is 3.20. The first-order chi connectivity index (χ1) is 13.8. The lowest BCUT2D eigenvalue weighted by Gasteiger charge is -2.23. The highest BCUT2D eigenvalue weighted by Gasteiger charge is 2.26. The van der Waals surface area contributed by atoms with Gasteiger partial charge in [-0.2, -0.15) is 0 Å². The van der Waals surface area contributed by atoms with Crippen LogP contribution in [0.4, 0.5) is 10.8 Å². The number of aryl methyl sites for hydroxylation is 1. The van der Waals surface area contributed by atoms with Gasteiger partial charge >= 0.3 is 0 Å². The molecule has 0 saturated heterocycles. The Labute approximate surface area is 178 Å². The zero-order valence-electron chi connectivity index (χ0n) is 15.5. The number of nitrogens with one attached hydrogen (secondary N) is 1. The first-order valence-electron chi connectivity index (χ1n) is 8.55. The van der Waals surface area contributed by atoms with Crippen LogP contribution in [-0.4, -0.2) is 25.9 Å². The Hall–Kier alpha value is -2.68. The highest BCUT2D eigenvalue weighted by Crippen LogP contribution is 2.27. The molecule has 0 bridgehead atoms.